The quantitative estimate of drug-likeness (QED) is 0.699. The van der Waals surface area contributed by atoms with Gasteiger partial charge in [-0.1, -0.05) is 0 Å². The van der Waals surface area contributed by atoms with E-state index in [9.17, 15) is 9.59 Å². The molecule has 2 amide bonds. The van der Waals surface area contributed by atoms with Crippen molar-refractivity contribution in [3.8, 4) is 0 Å². The van der Waals surface area contributed by atoms with Gasteiger partial charge in [-0.25, -0.2) is 10.4 Å². The fraction of sp³-hybridized carbons (Fsp3) is 0.455. The van der Waals surface area contributed by atoms with Crippen LogP contribution in [0.1, 0.15) is 19.3 Å². The van der Waals surface area contributed by atoms with Crippen molar-refractivity contribution < 1.29 is 9.59 Å². The SMILES string of the molecule is O=C1CCC(C(=O)NCCCn2ccnc2)=NN1. The van der Waals surface area contributed by atoms with Gasteiger partial charge in [-0.05, 0) is 6.42 Å². The molecule has 1 aromatic heterocycles. The number of rotatable bonds is 5. The first kappa shape index (κ1) is 12.3. The van der Waals surface area contributed by atoms with Crippen LogP contribution in [0.25, 0.3) is 0 Å². The number of aromatic nitrogens is 2. The summed E-state index contributed by atoms with van der Waals surface area (Å²) in [5, 5.41) is 6.50. The van der Waals surface area contributed by atoms with Crippen molar-refractivity contribution in [3.05, 3.63) is 18.7 Å². The lowest BCUT2D eigenvalue weighted by molar-refractivity contribution is -0.121. The predicted octanol–water partition coefficient (Wildman–Crippen LogP) is -0.345. The maximum atomic E-state index is 11.7. The second kappa shape index (κ2) is 5.95. The second-order valence-corrected chi connectivity index (χ2v) is 4.00. The number of hydrazone groups is 1. The first-order chi connectivity index (χ1) is 8.75. The molecule has 0 fully saturated rings. The molecule has 2 heterocycles. The Kier molecular flexibility index (Phi) is 4.06. The zero-order chi connectivity index (χ0) is 12.8. The molecule has 1 aliphatic heterocycles. The molecule has 96 valence electrons. The monoisotopic (exact) mass is 249 g/mol. The number of carbonyl (C=O) groups excluding carboxylic acids is 2. The van der Waals surface area contributed by atoms with Crippen molar-refractivity contribution in [2.24, 2.45) is 5.10 Å². The summed E-state index contributed by atoms with van der Waals surface area (Å²) in [6.45, 7) is 1.38. The highest BCUT2D eigenvalue weighted by atomic mass is 16.2. The van der Waals surface area contributed by atoms with Gasteiger partial charge in [0.05, 0.1) is 6.33 Å². The van der Waals surface area contributed by atoms with E-state index in [-0.39, 0.29) is 11.8 Å². The fourth-order valence-electron chi connectivity index (χ4n) is 1.62. The van der Waals surface area contributed by atoms with E-state index in [1.165, 1.54) is 0 Å². The van der Waals surface area contributed by atoms with Crippen molar-refractivity contribution >= 4 is 17.5 Å². The van der Waals surface area contributed by atoms with Gasteiger partial charge in [0.25, 0.3) is 5.91 Å². The minimum absolute atomic E-state index is 0.147. The molecule has 2 rings (SSSR count). The average molecular weight is 249 g/mol. The number of amides is 2. The van der Waals surface area contributed by atoms with Gasteiger partial charge in [0.15, 0.2) is 0 Å². The van der Waals surface area contributed by atoms with E-state index >= 15 is 0 Å². The van der Waals surface area contributed by atoms with E-state index in [0.717, 1.165) is 13.0 Å². The zero-order valence-electron chi connectivity index (χ0n) is 9.93. The first-order valence-electron chi connectivity index (χ1n) is 5.85. The van der Waals surface area contributed by atoms with Crippen LogP contribution in [0.3, 0.4) is 0 Å². The number of hydrogen-bond donors (Lipinski definition) is 2. The van der Waals surface area contributed by atoms with Crippen LogP contribution in [-0.2, 0) is 16.1 Å². The maximum absolute atomic E-state index is 11.7. The van der Waals surface area contributed by atoms with E-state index < -0.39 is 0 Å². The van der Waals surface area contributed by atoms with Gasteiger partial charge in [-0.15, -0.1) is 0 Å². The van der Waals surface area contributed by atoms with Crippen molar-refractivity contribution in [2.45, 2.75) is 25.8 Å². The first-order valence-corrected chi connectivity index (χ1v) is 5.85. The van der Waals surface area contributed by atoms with Gasteiger partial charge < -0.3 is 9.88 Å². The normalized spacial score (nSPS) is 14.9. The highest BCUT2D eigenvalue weighted by Crippen LogP contribution is 1.99. The highest BCUT2D eigenvalue weighted by Gasteiger charge is 2.17. The molecule has 0 unspecified atom stereocenters. The Bertz CT molecular complexity index is 452. The Labute approximate surface area is 104 Å². The summed E-state index contributed by atoms with van der Waals surface area (Å²) in [5.41, 5.74) is 2.69. The minimum atomic E-state index is -0.208. The largest absolute Gasteiger partial charge is 0.351 e. The van der Waals surface area contributed by atoms with Gasteiger partial charge in [-0.3, -0.25) is 9.59 Å². The number of carbonyl (C=O) groups is 2. The lowest BCUT2D eigenvalue weighted by atomic mass is 10.1. The summed E-state index contributed by atoms with van der Waals surface area (Å²) in [7, 11) is 0. The van der Waals surface area contributed by atoms with E-state index in [4.69, 9.17) is 0 Å². The Morgan fingerprint density at radius 3 is 3.06 bits per heavy atom. The van der Waals surface area contributed by atoms with Gasteiger partial charge in [0.1, 0.15) is 5.71 Å². The van der Waals surface area contributed by atoms with Crippen LogP contribution >= 0.6 is 0 Å². The molecule has 0 saturated carbocycles. The second-order valence-electron chi connectivity index (χ2n) is 4.00. The molecular weight excluding hydrogens is 234 g/mol. The van der Waals surface area contributed by atoms with Gasteiger partial charge in [-0.2, -0.15) is 5.10 Å². The van der Waals surface area contributed by atoms with Crippen LogP contribution in [-0.4, -0.2) is 33.6 Å². The van der Waals surface area contributed by atoms with E-state index in [1.54, 1.807) is 12.5 Å². The van der Waals surface area contributed by atoms with Crippen LogP contribution in [0, 0.1) is 0 Å². The Balaban J connectivity index is 1.67. The van der Waals surface area contributed by atoms with Crippen molar-refractivity contribution in [1.82, 2.24) is 20.3 Å². The number of aryl methyl sites for hydroxylation is 1. The van der Waals surface area contributed by atoms with Crippen LogP contribution in [0.4, 0.5) is 0 Å². The third-order valence-electron chi connectivity index (χ3n) is 2.60. The summed E-state index contributed by atoms with van der Waals surface area (Å²) < 4.78 is 1.95. The zero-order valence-corrected chi connectivity index (χ0v) is 9.93. The summed E-state index contributed by atoms with van der Waals surface area (Å²) in [4.78, 5) is 26.5. The molecule has 0 radical (unpaired) electrons. The van der Waals surface area contributed by atoms with Gasteiger partial charge >= 0.3 is 0 Å². The van der Waals surface area contributed by atoms with Crippen LogP contribution in [0.2, 0.25) is 0 Å². The molecule has 0 bridgehead atoms. The minimum Gasteiger partial charge on any atom is -0.351 e. The number of hydrogen-bond acceptors (Lipinski definition) is 4. The van der Waals surface area contributed by atoms with E-state index in [1.807, 2.05) is 10.8 Å². The Hall–Kier alpha value is -2.18. The van der Waals surface area contributed by atoms with E-state index in [0.29, 0.717) is 25.1 Å². The Morgan fingerprint density at radius 2 is 2.39 bits per heavy atom. The molecule has 0 spiro atoms. The number of nitrogens with zero attached hydrogens (tertiary/aromatic N) is 3. The van der Waals surface area contributed by atoms with Crippen LogP contribution in [0.5, 0.6) is 0 Å². The van der Waals surface area contributed by atoms with Crippen molar-refractivity contribution in [1.29, 1.82) is 0 Å². The third-order valence-corrected chi connectivity index (χ3v) is 2.60. The highest BCUT2D eigenvalue weighted by molar-refractivity contribution is 6.39. The van der Waals surface area contributed by atoms with Gasteiger partial charge in [0, 0.05) is 38.3 Å². The predicted molar refractivity (Wildman–Crippen MR) is 64.7 cm³/mol. The lowest BCUT2D eigenvalue weighted by Gasteiger charge is -2.11. The average Bonchev–Trinajstić information content (AvgIpc) is 2.88. The number of nitrogens with one attached hydrogen (secondary N) is 2. The molecule has 1 aromatic rings. The van der Waals surface area contributed by atoms with Gasteiger partial charge in [0.2, 0.25) is 5.91 Å². The van der Waals surface area contributed by atoms with Crippen LogP contribution < -0.4 is 10.7 Å². The summed E-state index contributed by atoms with van der Waals surface area (Å²) in [5.74, 6) is -0.354. The summed E-state index contributed by atoms with van der Waals surface area (Å²) in [6.07, 6.45) is 6.88. The molecule has 7 heteroatoms. The number of imidazole rings is 1. The summed E-state index contributed by atoms with van der Waals surface area (Å²) >= 11 is 0. The van der Waals surface area contributed by atoms with Crippen molar-refractivity contribution in [2.75, 3.05) is 6.54 Å². The molecular formula is C11H15N5O2. The molecule has 7 nitrogen and oxygen atoms in total. The molecule has 0 aromatic carbocycles. The Morgan fingerprint density at radius 1 is 1.50 bits per heavy atom. The molecule has 0 aliphatic carbocycles. The molecule has 18 heavy (non-hydrogen) atoms. The fourth-order valence-corrected chi connectivity index (χ4v) is 1.62. The van der Waals surface area contributed by atoms with E-state index in [2.05, 4.69) is 20.8 Å². The topological polar surface area (TPSA) is 88.4 Å². The molecule has 0 atom stereocenters. The molecule has 2 N–H and O–H groups in total. The third kappa shape index (κ3) is 3.41. The molecule has 1 aliphatic rings. The molecule has 0 saturated heterocycles. The smallest absolute Gasteiger partial charge is 0.267 e. The summed E-state index contributed by atoms with van der Waals surface area (Å²) in [6, 6.07) is 0. The standard InChI is InChI=1S/C11H15N5O2/c17-10-3-2-9(14-15-10)11(18)13-4-1-6-16-7-5-12-8-16/h5,7-8H,1-4,6H2,(H,13,18)(H,15,17). The maximum Gasteiger partial charge on any atom is 0.267 e. The lowest BCUT2D eigenvalue weighted by Crippen LogP contribution is -2.37. The van der Waals surface area contributed by atoms with Crippen LogP contribution in [0.15, 0.2) is 23.8 Å². The van der Waals surface area contributed by atoms with Crippen molar-refractivity contribution in [3.63, 3.8) is 0 Å².